The predicted octanol–water partition coefficient (Wildman–Crippen LogP) is 4.36. The Morgan fingerprint density at radius 2 is 2.12 bits per heavy atom. The molecule has 2 aliphatic heterocycles. The summed E-state index contributed by atoms with van der Waals surface area (Å²) in [6.07, 6.45) is 2.91. The molecule has 4 heterocycles. The maximum Gasteiger partial charge on any atom is 0.297 e. The maximum absolute atomic E-state index is 14.5. The molecule has 0 amide bonds. The number of nitrogens with zero attached hydrogens (tertiary/aromatic N) is 3. The van der Waals surface area contributed by atoms with Crippen molar-refractivity contribution in [2.24, 2.45) is 0 Å². The number of aliphatic hydroxyl groups is 1. The zero-order chi connectivity index (χ0) is 22.5. The van der Waals surface area contributed by atoms with Crippen LogP contribution in [0.4, 0.5) is 8.78 Å². The molecule has 0 saturated carbocycles. The van der Waals surface area contributed by atoms with E-state index < -0.39 is 18.1 Å². The summed E-state index contributed by atoms with van der Waals surface area (Å²) in [6.45, 7) is 1.86. The molecule has 0 bridgehead atoms. The molecule has 0 aliphatic carbocycles. The molecule has 3 aromatic rings. The molecule has 5 rings (SSSR count). The molecule has 10 heteroatoms. The van der Waals surface area contributed by atoms with Gasteiger partial charge in [-0.2, -0.15) is 8.78 Å². The number of halogens is 3. The Balaban J connectivity index is 1.41. The summed E-state index contributed by atoms with van der Waals surface area (Å²) >= 11 is 7.32. The smallest absolute Gasteiger partial charge is 0.297 e. The van der Waals surface area contributed by atoms with E-state index >= 15 is 0 Å². The van der Waals surface area contributed by atoms with Crippen LogP contribution in [0, 0.1) is 0 Å². The van der Waals surface area contributed by atoms with Crippen molar-refractivity contribution in [2.45, 2.75) is 56.5 Å². The van der Waals surface area contributed by atoms with Gasteiger partial charge >= 0.3 is 0 Å². The minimum atomic E-state index is -3.04. The van der Waals surface area contributed by atoms with Crippen LogP contribution in [0.5, 0.6) is 0 Å². The topological polar surface area (TPSA) is 72.2 Å². The monoisotopic (exact) mass is 480 g/mol. The van der Waals surface area contributed by atoms with Gasteiger partial charge < -0.3 is 15.2 Å². The number of aromatic nitrogens is 3. The van der Waals surface area contributed by atoms with Crippen molar-refractivity contribution in [3.05, 3.63) is 68.1 Å². The molecule has 2 aliphatic rings. The highest BCUT2D eigenvalue weighted by Crippen LogP contribution is 2.54. The van der Waals surface area contributed by atoms with Crippen LogP contribution in [0.1, 0.15) is 53.1 Å². The van der Waals surface area contributed by atoms with Gasteiger partial charge in [0.1, 0.15) is 12.2 Å². The van der Waals surface area contributed by atoms with Gasteiger partial charge in [-0.05, 0) is 30.5 Å². The first kappa shape index (κ1) is 21.9. The summed E-state index contributed by atoms with van der Waals surface area (Å²) in [4.78, 5) is 0.519. The number of hydrogen-bond acceptors (Lipinski definition) is 6. The first-order valence-electron chi connectivity index (χ1n) is 10.4. The van der Waals surface area contributed by atoms with E-state index in [9.17, 15) is 13.9 Å². The van der Waals surface area contributed by atoms with Crippen LogP contribution in [0.3, 0.4) is 0 Å². The van der Waals surface area contributed by atoms with Gasteiger partial charge in [0.25, 0.3) is 5.92 Å². The Morgan fingerprint density at radius 1 is 1.31 bits per heavy atom. The SMILES string of the molecule is C[C@H]1C[C@@]2(C[C@@H](c3cn(Cc4cccc(CO)c4)nn3)N1)OCC(F)(F)c1cc(Cl)sc12. The first-order chi connectivity index (χ1) is 15.3. The Labute approximate surface area is 193 Å². The van der Waals surface area contributed by atoms with Crippen LogP contribution in [-0.2, 0) is 29.4 Å². The van der Waals surface area contributed by atoms with E-state index in [2.05, 4.69) is 15.6 Å². The van der Waals surface area contributed by atoms with Gasteiger partial charge in [0.15, 0.2) is 0 Å². The fourth-order valence-corrected chi connectivity index (χ4v) is 6.21. The lowest BCUT2D eigenvalue weighted by molar-refractivity contribution is -0.183. The summed E-state index contributed by atoms with van der Waals surface area (Å²) in [6, 6.07) is 8.86. The Hall–Kier alpha value is -1.91. The second kappa shape index (κ2) is 8.14. The number of aliphatic hydroxyl groups excluding tert-OH is 1. The summed E-state index contributed by atoms with van der Waals surface area (Å²) in [5, 5.41) is 21.5. The van der Waals surface area contributed by atoms with Gasteiger partial charge in [0.2, 0.25) is 0 Å². The lowest BCUT2D eigenvalue weighted by atomic mass is 9.78. The molecule has 3 atom stereocenters. The zero-order valence-corrected chi connectivity index (χ0v) is 19.0. The van der Waals surface area contributed by atoms with Gasteiger partial charge in [0, 0.05) is 22.9 Å². The van der Waals surface area contributed by atoms with Gasteiger partial charge in [-0.1, -0.05) is 41.1 Å². The normalized spacial score (nSPS) is 26.9. The van der Waals surface area contributed by atoms with E-state index in [1.165, 1.54) is 17.4 Å². The van der Waals surface area contributed by atoms with Gasteiger partial charge in [-0.25, -0.2) is 4.68 Å². The third-order valence-electron chi connectivity index (χ3n) is 6.13. The van der Waals surface area contributed by atoms with Crippen molar-refractivity contribution in [1.82, 2.24) is 20.3 Å². The summed E-state index contributed by atoms with van der Waals surface area (Å²) in [7, 11) is 0. The maximum atomic E-state index is 14.5. The van der Waals surface area contributed by atoms with Crippen molar-refractivity contribution < 1.29 is 18.6 Å². The number of benzene rings is 1. The minimum Gasteiger partial charge on any atom is -0.392 e. The Kier molecular flexibility index (Phi) is 5.58. The number of thiophene rings is 1. The number of nitrogens with one attached hydrogen (secondary N) is 1. The van der Waals surface area contributed by atoms with Gasteiger partial charge in [-0.3, -0.25) is 0 Å². The highest BCUT2D eigenvalue weighted by Gasteiger charge is 2.53. The van der Waals surface area contributed by atoms with Crippen molar-refractivity contribution in [2.75, 3.05) is 6.61 Å². The zero-order valence-electron chi connectivity index (χ0n) is 17.4. The van der Waals surface area contributed by atoms with Gasteiger partial charge in [-0.15, -0.1) is 16.4 Å². The predicted molar refractivity (Wildman–Crippen MR) is 117 cm³/mol. The fraction of sp³-hybridized carbons (Fsp3) is 0.455. The van der Waals surface area contributed by atoms with E-state index in [1.54, 1.807) is 4.68 Å². The summed E-state index contributed by atoms with van der Waals surface area (Å²) in [5.41, 5.74) is 1.73. The number of ether oxygens (including phenoxy) is 1. The lowest BCUT2D eigenvalue weighted by Crippen LogP contribution is -2.51. The Bertz CT molecular complexity index is 1140. The van der Waals surface area contributed by atoms with Crippen LogP contribution < -0.4 is 5.32 Å². The van der Waals surface area contributed by atoms with Crippen molar-refractivity contribution >= 4 is 22.9 Å². The average molecular weight is 481 g/mol. The molecule has 170 valence electrons. The molecular weight excluding hydrogens is 458 g/mol. The quantitative estimate of drug-likeness (QED) is 0.580. The second-order valence-corrected chi connectivity index (χ2v) is 10.3. The van der Waals surface area contributed by atoms with E-state index in [-0.39, 0.29) is 24.3 Å². The summed E-state index contributed by atoms with van der Waals surface area (Å²) < 4.78 is 37.0. The van der Waals surface area contributed by atoms with Crippen molar-refractivity contribution in [3.63, 3.8) is 0 Å². The van der Waals surface area contributed by atoms with Crippen LogP contribution in [0.15, 0.2) is 36.5 Å². The molecule has 6 nitrogen and oxygen atoms in total. The number of alkyl halides is 2. The largest absolute Gasteiger partial charge is 0.392 e. The van der Waals surface area contributed by atoms with Crippen LogP contribution in [-0.4, -0.2) is 32.7 Å². The van der Waals surface area contributed by atoms with E-state index in [0.29, 0.717) is 28.6 Å². The fourth-order valence-electron chi connectivity index (χ4n) is 4.77. The van der Waals surface area contributed by atoms with Crippen LogP contribution >= 0.6 is 22.9 Å². The summed E-state index contributed by atoms with van der Waals surface area (Å²) in [5.74, 6) is -3.04. The molecule has 1 fully saturated rings. The van der Waals surface area contributed by atoms with E-state index in [1.807, 2.05) is 37.4 Å². The average Bonchev–Trinajstić information content (AvgIpc) is 3.39. The van der Waals surface area contributed by atoms with Crippen LogP contribution in [0.2, 0.25) is 4.34 Å². The molecule has 0 unspecified atom stereocenters. The molecule has 2 aromatic heterocycles. The third kappa shape index (κ3) is 3.97. The molecule has 1 saturated heterocycles. The highest BCUT2D eigenvalue weighted by atomic mass is 35.5. The number of piperidine rings is 1. The highest BCUT2D eigenvalue weighted by molar-refractivity contribution is 7.16. The molecule has 0 radical (unpaired) electrons. The standard InChI is InChI=1S/C22H23ClF2N4O2S/c1-13-7-21(20-16(6-19(23)32-20)22(24,25)12-31-21)8-17(26-13)18-10-29(28-27-18)9-14-3-2-4-15(5-14)11-30/h2-6,10,13,17,26,30H,7-9,11-12H2,1H3/t13-,17-,21-/m0/s1. The minimum absolute atomic E-state index is 0.0148. The number of rotatable bonds is 4. The van der Waals surface area contributed by atoms with Gasteiger partial charge in [0.05, 0.1) is 35.4 Å². The van der Waals surface area contributed by atoms with Crippen molar-refractivity contribution in [1.29, 1.82) is 0 Å². The Morgan fingerprint density at radius 3 is 2.94 bits per heavy atom. The molecule has 32 heavy (non-hydrogen) atoms. The molecular formula is C22H23ClF2N4O2S. The van der Waals surface area contributed by atoms with Crippen molar-refractivity contribution in [3.8, 4) is 0 Å². The third-order valence-corrected chi connectivity index (χ3v) is 7.58. The first-order valence-corrected chi connectivity index (χ1v) is 11.6. The lowest BCUT2D eigenvalue weighted by Gasteiger charge is -2.47. The second-order valence-electron chi connectivity index (χ2n) is 8.63. The van der Waals surface area contributed by atoms with E-state index in [0.717, 1.165) is 16.8 Å². The van der Waals surface area contributed by atoms with Crippen LogP contribution in [0.25, 0.3) is 0 Å². The van der Waals surface area contributed by atoms with E-state index in [4.69, 9.17) is 16.3 Å². The number of fused-ring (bicyclic) bond motifs is 2. The molecule has 1 aromatic carbocycles. The number of hydrogen-bond donors (Lipinski definition) is 2. The molecule has 1 spiro atoms. The molecule has 2 N–H and O–H groups in total.